The third kappa shape index (κ3) is 6.36. The highest BCUT2D eigenvalue weighted by molar-refractivity contribution is 7.59. The molecule has 1 atom stereocenters. The highest BCUT2D eigenvalue weighted by atomic mass is 32.1. The molecular formula is C27H32FN3O5S. The van der Waals surface area contributed by atoms with Gasteiger partial charge in [0.1, 0.15) is 35.7 Å². The second-order valence-corrected chi connectivity index (χ2v) is 9.50. The summed E-state index contributed by atoms with van der Waals surface area (Å²) in [5, 5.41) is 17.8. The van der Waals surface area contributed by atoms with E-state index in [1.54, 1.807) is 12.1 Å². The third-order valence-corrected chi connectivity index (χ3v) is 6.90. The number of ether oxygens (including phenoxy) is 3. The van der Waals surface area contributed by atoms with Gasteiger partial charge in [0, 0.05) is 6.07 Å². The number of carboxylic acids is 1. The molecule has 0 aliphatic heterocycles. The zero-order valence-corrected chi connectivity index (χ0v) is 21.7. The van der Waals surface area contributed by atoms with Gasteiger partial charge in [0.2, 0.25) is 5.88 Å². The van der Waals surface area contributed by atoms with Gasteiger partial charge in [-0.15, -0.1) is 5.10 Å². The van der Waals surface area contributed by atoms with E-state index in [4.69, 9.17) is 14.2 Å². The van der Waals surface area contributed by atoms with Crippen molar-refractivity contribution in [3.05, 3.63) is 59.5 Å². The van der Waals surface area contributed by atoms with E-state index in [0.717, 1.165) is 44.1 Å². The lowest BCUT2D eigenvalue weighted by atomic mass is 9.91. The monoisotopic (exact) mass is 529 g/mol. The molecule has 8 nitrogen and oxygen atoms in total. The van der Waals surface area contributed by atoms with Gasteiger partial charge in [0.25, 0.3) is 0 Å². The number of aliphatic carboxylic acids is 1. The first kappa shape index (κ1) is 26.8. The first-order chi connectivity index (χ1) is 17.5. The van der Waals surface area contributed by atoms with Crippen LogP contribution in [-0.4, -0.2) is 39.3 Å². The first-order valence-electron chi connectivity index (χ1n) is 12.4. The Kier molecular flexibility index (Phi) is 8.58. The molecule has 2 aliphatic carbocycles. The minimum absolute atomic E-state index is 0. The van der Waals surface area contributed by atoms with Gasteiger partial charge in [-0.1, -0.05) is 17.3 Å². The Morgan fingerprint density at radius 1 is 1.14 bits per heavy atom. The molecule has 0 spiro atoms. The number of aromatic nitrogens is 3. The van der Waals surface area contributed by atoms with Crippen LogP contribution in [0.5, 0.6) is 17.4 Å². The number of hydrogen-bond acceptors (Lipinski definition) is 6. The average molecular weight is 530 g/mol. The molecule has 2 fully saturated rings. The summed E-state index contributed by atoms with van der Waals surface area (Å²) in [4.78, 5) is 11.4. The molecule has 0 radical (unpaired) electrons. The van der Waals surface area contributed by atoms with Crippen LogP contribution in [0.15, 0.2) is 42.5 Å². The van der Waals surface area contributed by atoms with E-state index in [2.05, 4.69) is 10.3 Å². The minimum atomic E-state index is -0.798. The van der Waals surface area contributed by atoms with Crippen LogP contribution in [0.3, 0.4) is 0 Å². The summed E-state index contributed by atoms with van der Waals surface area (Å²) in [6.45, 7) is 0.0735. The predicted octanol–water partition coefficient (Wildman–Crippen LogP) is 5.40. The van der Waals surface area contributed by atoms with Crippen LogP contribution in [0.4, 0.5) is 4.39 Å². The molecule has 2 aromatic carbocycles. The Balaban J connectivity index is 0.00000320. The van der Waals surface area contributed by atoms with Crippen molar-refractivity contribution in [2.24, 2.45) is 5.92 Å². The van der Waals surface area contributed by atoms with Crippen molar-refractivity contribution in [1.82, 2.24) is 15.0 Å². The smallest absolute Gasteiger partial charge is 0.303 e. The number of benzene rings is 2. The van der Waals surface area contributed by atoms with Gasteiger partial charge in [0.05, 0.1) is 13.5 Å². The molecule has 1 heterocycles. The summed E-state index contributed by atoms with van der Waals surface area (Å²) >= 11 is 0. The summed E-state index contributed by atoms with van der Waals surface area (Å²) in [5.41, 5.74) is 1.60. The lowest BCUT2D eigenvalue weighted by Gasteiger charge is -2.17. The third-order valence-electron chi connectivity index (χ3n) is 6.90. The number of halogens is 1. The van der Waals surface area contributed by atoms with Gasteiger partial charge in [-0.05, 0) is 80.2 Å². The molecular weight excluding hydrogens is 497 g/mol. The topological polar surface area (TPSA) is 95.7 Å². The Morgan fingerprint density at radius 3 is 2.62 bits per heavy atom. The van der Waals surface area contributed by atoms with Crippen LogP contribution in [0.25, 0.3) is 5.69 Å². The van der Waals surface area contributed by atoms with Crippen molar-refractivity contribution in [3.8, 4) is 23.1 Å². The van der Waals surface area contributed by atoms with Crippen LogP contribution < -0.4 is 14.2 Å². The van der Waals surface area contributed by atoms with Crippen molar-refractivity contribution >= 4 is 19.5 Å². The molecule has 0 bridgehead atoms. The summed E-state index contributed by atoms with van der Waals surface area (Å²) in [6.07, 6.45) is 6.21. The van der Waals surface area contributed by atoms with Gasteiger partial charge in [-0.25, -0.2) is 4.39 Å². The van der Waals surface area contributed by atoms with Crippen LogP contribution in [0.1, 0.15) is 62.1 Å². The highest BCUT2D eigenvalue weighted by Gasteiger charge is 2.34. The SMILES string of the molecule is COc1ccc(F)c(-n2nnc(COc3cccc([C@@H](CC(=O)O)C4CC4)c3)c2OC2CCCC2)c1.S. The van der Waals surface area contributed by atoms with Crippen LogP contribution in [-0.2, 0) is 11.4 Å². The number of carboxylic acid groups (broad SMARTS) is 1. The number of nitrogens with zero attached hydrogens (tertiary/aromatic N) is 3. The predicted molar refractivity (Wildman–Crippen MR) is 140 cm³/mol. The van der Waals surface area contributed by atoms with E-state index in [1.807, 2.05) is 24.3 Å². The summed E-state index contributed by atoms with van der Waals surface area (Å²) in [7, 11) is 1.52. The van der Waals surface area contributed by atoms with Gasteiger partial charge in [-0.2, -0.15) is 18.2 Å². The minimum Gasteiger partial charge on any atom is -0.497 e. The van der Waals surface area contributed by atoms with Crippen LogP contribution in [0.2, 0.25) is 0 Å². The van der Waals surface area contributed by atoms with E-state index in [9.17, 15) is 14.3 Å². The summed E-state index contributed by atoms with van der Waals surface area (Å²) in [6, 6.07) is 12.0. The fraction of sp³-hybridized carbons (Fsp3) is 0.444. The fourth-order valence-corrected chi connectivity index (χ4v) is 4.85. The zero-order valence-electron chi connectivity index (χ0n) is 20.7. The maximum Gasteiger partial charge on any atom is 0.303 e. The molecule has 37 heavy (non-hydrogen) atoms. The molecule has 3 aromatic rings. The standard InChI is InChI=1S/C27H30FN3O5.H2S/c1-34-20-11-12-23(28)25(14-20)31-27(36-19-6-2-3-7-19)24(29-30-31)16-35-21-8-4-5-18(13-21)22(15-26(32)33)17-9-10-17;/h4-5,8,11-14,17,19,22H,2-3,6-7,9-10,15-16H2,1H3,(H,32,33);1H2/t22-;/m0./s1. The molecule has 2 aliphatic rings. The molecule has 1 N–H and O–H groups in total. The van der Waals surface area contributed by atoms with Crippen molar-refractivity contribution in [3.63, 3.8) is 0 Å². The van der Waals surface area contributed by atoms with Crippen molar-refractivity contribution in [2.45, 2.75) is 63.6 Å². The Hall–Kier alpha value is -3.27. The Morgan fingerprint density at radius 2 is 1.92 bits per heavy atom. The van der Waals surface area contributed by atoms with Gasteiger partial charge in [0.15, 0.2) is 5.69 Å². The second kappa shape index (κ2) is 11.9. The second-order valence-electron chi connectivity index (χ2n) is 9.50. The molecule has 0 saturated heterocycles. The van der Waals surface area contributed by atoms with Crippen LogP contribution >= 0.6 is 13.5 Å². The maximum absolute atomic E-state index is 14.8. The summed E-state index contributed by atoms with van der Waals surface area (Å²) < 4.78 is 33.7. The number of carbonyl (C=O) groups is 1. The quantitative estimate of drug-likeness (QED) is 0.355. The van der Waals surface area contributed by atoms with E-state index in [1.165, 1.54) is 17.9 Å². The van der Waals surface area contributed by atoms with Gasteiger partial charge >= 0.3 is 5.97 Å². The van der Waals surface area contributed by atoms with Gasteiger partial charge < -0.3 is 19.3 Å². The molecule has 2 saturated carbocycles. The van der Waals surface area contributed by atoms with E-state index in [0.29, 0.717) is 29.0 Å². The fourth-order valence-electron chi connectivity index (χ4n) is 4.85. The molecule has 5 rings (SSSR count). The van der Waals surface area contributed by atoms with E-state index >= 15 is 0 Å². The molecule has 0 amide bonds. The molecule has 198 valence electrons. The van der Waals surface area contributed by atoms with Gasteiger partial charge in [-0.3, -0.25) is 4.79 Å². The lowest BCUT2D eigenvalue weighted by Crippen LogP contribution is -2.16. The van der Waals surface area contributed by atoms with E-state index in [-0.39, 0.29) is 44.2 Å². The Labute approximate surface area is 222 Å². The van der Waals surface area contributed by atoms with Crippen molar-refractivity contribution < 1.29 is 28.5 Å². The zero-order chi connectivity index (χ0) is 25.1. The van der Waals surface area contributed by atoms with Crippen LogP contribution in [0, 0.1) is 11.7 Å². The molecule has 10 heteroatoms. The molecule has 1 aromatic heterocycles. The van der Waals surface area contributed by atoms with E-state index < -0.39 is 11.8 Å². The highest BCUT2D eigenvalue weighted by Crippen LogP contribution is 2.45. The largest absolute Gasteiger partial charge is 0.497 e. The lowest BCUT2D eigenvalue weighted by molar-refractivity contribution is -0.137. The maximum atomic E-state index is 14.8. The molecule has 0 unspecified atom stereocenters. The first-order valence-corrected chi connectivity index (χ1v) is 12.4. The number of rotatable bonds is 11. The van der Waals surface area contributed by atoms with Crippen molar-refractivity contribution in [1.29, 1.82) is 0 Å². The summed E-state index contributed by atoms with van der Waals surface area (Å²) in [5.74, 6) is 0.568. The van der Waals surface area contributed by atoms with Crippen molar-refractivity contribution in [2.75, 3.05) is 7.11 Å². The normalized spacial score (nSPS) is 16.2. The Bertz CT molecular complexity index is 1230. The average Bonchev–Trinajstić information content (AvgIpc) is 3.45. The number of methoxy groups -OCH3 is 1. The number of hydrogen-bond donors (Lipinski definition) is 1.